The maximum Gasteiger partial charge on any atom is 0.257 e. The highest BCUT2D eigenvalue weighted by Gasteiger charge is 2.28. The lowest BCUT2D eigenvalue weighted by molar-refractivity contribution is -0.124. The number of piperidine rings is 1. The van der Waals surface area contributed by atoms with Crippen LogP contribution in [0.2, 0.25) is 0 Å². The van der Waals surface area contributed by atoms with Crippen LogP contribution in [-0.4, -0.2) is 59.8 Å². The Morgan fingerprint density at radius 3 is 3.00 bits per heavy atom. The molecular weight excluding hydrogens is 284 g/mol. The van der Waals surface area contributed by atoms with E-state index in [-0.39, 0.29) is 24.5 Å². The highest BCUT2D eigenvalue weighted by Crippen LogP contribution is 2.22. The number of ether oxygens (including phenoxy) is 1. The number of nitrogens with one attached hydrogen (secondary N) is 2. The highest BCUT2D eigenvalue weighted by molar-refractivity contribution is 5.95. The third-order valence-electron chi connectivity index (χ3n) is 4.02. The number of hydrogen-bond donors (Lipinski definition) is 2. The molecule has 2 N–H and O–H groups in total. The number of rotatable bonds is 6. The summed E-state index contributed by atoms with van der Waals surface area (Å²) in [4.78, 5) is 26.0. The van der Waals surface area contributed by atoms with Gasteiger partial charge in [-0.2, -0.15) is 5.10 Å². The third kappa shape index (κ3) is 4.07. The molecule has 2 amide bonds. The van der Waals surface area contributed by atoms with E-state index in [0.717, 1.165) is 37.9 Å². The number of nitrogens with zero attached hydrogens (tertiary/aromatic N) is 2. The Kier molecular flexibility index (Phi) is 5.94. The van der Waals surface area contributed by atoms with Gasteiger partial charge in [0.15, 0.2) is 0 Å². The zero-order valence-corrected chi connectivity index (χ0v) is 13.2. The standard InChI is InChI=1S/C15H24N4O3/c1-11-13(9-17-18-11)15(21)19-8-4-3-5-12(19)6-7-16-14(20)10-22-2/h9,12H,3-8,10H2,1-2H3,(H,16,20)(H,17,18)/t12-/m0/s1. The number of aromatic nitrogens is 2. The monoisotopic (exact) mass is 308 g/mol. The molecule has 122 valence electrons. The molecule has 1 saturated heterocycles. The Morgan fingerprint density at radius 2 is 2.32 bits per heavy atom. The summed E-state index contributed by atoms with van der Waals surface area (Å²) in [6, 6.07) is 0.165. The summed E-state index contributed by atoms with van der Waals surface area (Å²) >= 11 is 0. The van der Waals surface area contributed by atoms with Gasteiger partial charge in [0.25, 0.3) is 5.91 Å². The number of aryl methyl sites for hydroxylation is 1. The van der Waals surface area contributed by atoms with Gasteiger partial charge in [-0.3, -0.25) is 14.7 Å². The molecule has 0 unspecified atom stereocenters. The number of H-pyrrole nitrogens is 1. The molecule has 1 fully saturated rings. The minimum absolute atomic E-state index is 0.0270. The van der Waals surface area contributed by atoms with Crippen LogP contribution >= 0.6 is 0 Å². The van der Waals surface area contributed by atoms with E-state index in [9.17, 15) is 9.59 Å². The van der Waals surface area contributed by atoms with E-state index >= 15 is 0 Å². The number of aromatic amines is 1. The number of likely N-dealkylation sites (tertiary alicyclic amines) is 1. The molecule has 1 aromatic rings. The molecular formula is C15H24N4O3. The molecule has 7 nitrogen and oxygen atoms in total. The maximum absolute atomic E-state index is 12.7. The van der Waals surface area contributed by atoms with Crippen LogP contribution in [0.4, 0.5) is 0 Å². The first-order chi connectivity index (χ1) is 10.6. The van der Waals surface area contributed by atoms with Crippen LogP contribution in [0.25, 0.3) is 0 Å². The van der Waals surface area contributed by atoms with Crippen LogP contribution in [0, 0.1) is 6.92 Å². The van der Waals surface area contributed by atoms with E-state index in [1.165, 1.54) is 7.11 Å². The van der Waals surface area contributed by atoms with Crippen molar-refractivity contribution in [1.82, 2.24) is 20.4 Å². The Labute approximate surface area is 130 Å². The molecule has 0 saturated carbocycles. The number of methoxy groups -OCH3 is 1. The third-order valence-corrected chi connectivity index (χ3v) is 4.02. The van der Waals surface area contributed by atoms with Crippen molar-refractivity contribution >= 4 is 11.8 Å². The summed E-state index contributed by atoms with van der Waals surface area (Å²) in [6.45, 7) is 3.24. The fraction of sp³-hybridized carbons (Fsp3) is 0.667. The van der Waals surface area contributed by atoms with Crippen LogP contribution in [0.15, 0.2) is 6.20 Å². The van der Waals surface area contributed by atoms with Gasteiger partial charge in [-0.25, -0.2) is 0 Å². The van der Waals surface area contributed by atoms with Gasteiger partial charge in [-0.15, -0.1) is 0 Å². The summed E-state index contributed by atoms with van der Waals surface area (Å²) < 4.78 is 4.78. The summed E-state index contributed by atoms with van der Waals surface area (Å²) in [6.07, 6.45) is 5.46. The van der Waals surface area contributed by atoms with Crippen LogP contribution in [-0.2, 0) is 9.53 Å². The van der Waals surface area contributed by atoms with E-state index < -0.39 is 0 Å². The summed E-state index contributed by atoms with van der Waals surface area (Å²) in [7, 11) is 1.49. The summed E-state index contributed by atoms with van der Waals surface area (Å²) in [5, 5.41) is 9.55. The predicted molar refractivity (Wildman–Crippen MR) is 81.5 cm³/mol. The van der Waals surface area contributed by atoms with Gasteiger partial charge < -0.3 is 15.0 Å². The van der Waals surface area contributed by atoms with Crippen molar-refractivity contribution in [2.75, 3.05) is 26.8 Å². The lowest BCUT2D eigenvalue weighted by Gasteiger charge is -2.36. The number of hydrogen-bond acceptors (Lipinski definition) is 4. The Bertz CT molecular complexity index is 515. The molecule has 0 bridgehead atoms. The van der Waals surface area contributed by atoms with Crippen LogP contribution < -0.4 is 5.32 Å². The first-order valence-electron chi connectivity index (χ1n) is 7.70. The van der Waals surface area contributed by atoms with Gasteiger partial charge in [0.05, 0.1) is 11.8 Å². The Morgan fingerprint density at radius 1 is 1.50 bits per heavy atom. The van der Waals surface area contributed by atoms with Crippen molar-refractivity contribution in [3.63, 3.8) is 0 Å². The van der Waals surface area contributed by atoms with E-state index in [4.69, 9.17) is 4.74 Å². The van der Waals surface area contributed by atoms with Gasteiger partial charge in [0, 0.05) is 31.9 Å². The average molecular weight is 308 g/mol. The van der Waals surface area contributed by atoms with Crippen LogP contribution in [0.3, 0.4) is 0 Å². The molecule has 1 atom stereocenters. The average Bonchev–Trinajstić information content (AvgIpc) is 2.93. The van der Waals surface area contributed by atoms with Crippen molar-refractivity contribution in [3.05, 3.63) is 17.5 Å². The van der Waals surface area contributed by atoms with Crippen LogP contribution in [0.1, 0.15) is 41.7 Å². The smallest absolute Gasteiger partial charge is 0.257 e. The first kappa shape index (κ1) is 16.5. The lowest BCUT2D eigenvalue weighted by atomic mass is 9.98. The van der Waals surface area contributed by atoms with Crippen molar-refractivity contribution in [1.29, 1.82) is 0 Å². The maximum atomic E-state index is 12.7. The van der Waals surface area contributed by atoms with Crippen LogP contribution in [0.5, 0.6) is 0 Å². The fourth-order valence-corrected chi connectivity index (χ4v) is 2.85. The van der Waals surface area contributed by atoms with E-state index in [2.05, 4.69) is 15.5 Å². The number of carbonyl (C=O) groups is 2. The molecule has 22 heavy (non-hydrogen) atoms. The minimum atomic E-state index is -0.123. The van der Waals surface area contributed by atoms with Crippen molar-refractivity contribution in [3.8, 4) is 0 Å². The molecule has 2 heterocycles. The van der Waals surface area contributed by atoms with Gasteiger partial charge in [0.1, 0.15) is 6.61 Å². The minimum Gasteiger partial charge on any atom is -0.375 e. The van der Waals surface area contributed by atoms with Gasteiger partial charge in [-0.05, 0) is 32.6 Å². The molecule has 0 radical (unpaired) electrons. The fourth-order valence-electron chi connectivity index (χ4n) is 2.85. The molecule has 0 aromatic carbocycles. The molecule has 2 rings (SSSR count). The topological polar surface area (TPSA) is 87.3 Å². The van der Waals surface area contributed by atoms with Crippen molar-refractivity contribution in [2.45, 2.75) is 38.6 Å². The van der Waals surface area contributed by atoms with Gasteiger partial charge >= 0.3 is 0 Å². The largest absolute Gasteiger partial charge is 0.375 e. The molecule has 0 aliphatic carbocycles. The zero-order valence-electron chi connectivity index (χ0n) is 13.2. The SMILES string of the molecule is COCC(=O)NCC[C@@H]1CCCCN1C(=O)c1cn[nH]c1C. The molecule has 1 aromatic heterocycles. The highest BCUT2D eigenvalue weighted by atomic mass is 16.5. The van der Waals surface area contributed by atoms with E-state index in [1.54, 1.807) is 6.20 Å². The lowest BCUT2D eigenvalue weighted by Crippen LogP contribution is -2.45. The Balaban J connectivity index is 1.92. The quantitative estimate of drug-likeness (QED) is 0.816. The van der Waals surface area contributed by atoms with Crippen molar-refractivity contribution < 1.29 is 14.3 Å². The van der Waals surface area contributed by atoms with Gasteiger partial charge in [-0.1, -0.05) is 0 Å². The second-order valence-corrected chi connectivity index (χ2v) is 5.63. The summed E-state index contributed by atoms with van der Waals surface area (Å²) in [5.41, 5.74) is 1.43. The summed E-state index contributed by atoms with van der Waals surface area (Å²) in [5.74, 6) is -0.0963. The number of amides is 2. The molecule has 7 heteroatoms. The van der Waals surface area contributed by atoms with E-state index in [1.807, 2.05) is 11.8 Å². The Hall–Kier alpha value is -1.89. The van der Waals surface area contributed by atoms with E-state index in [0.29, 0.717) is 12.1 Å². The molecule has 0 spiro atoms. The molecule has 1 aliphatic heterocycles. The van der Waals surface area contributed by atoms with Gasteiger partial charge in [0.2, 0.25) is 5.91 Å². The van der Waals surface area contributed by atoms with Crippen molar-refractivity contribution in [2.24, 2.45) is 0 Å². The number of carbonyl (C=O) groups excluding carboxylic acids is 2. The second kappa shape index (κ2) is 7.93. The predicted octanol–water partition coefficient (Wildman–Crippen LogP) is 0.866. The normalized spacial score (nSPS) is 18.3. The second-order valence-electron chi connectivity index (χ2n) is 5.63. The molecule has 1 aliphatic rings. The first-order valence-corrected chi connectivity index (χ1v) is 7.70. The zero-order chi connectivity index (χ0) is 15.9.